The molecular weight excluding hydrogens is 486 g/mol. The van der Waals surface area contributed by atoms with E-state index in [0.717, 1.165) is 32.1 Å². The van der Waals surface area contributed by atoms with E-state index in [1.54, 1.807) is 27.8 Å². The number of aromatic amines is 1. The number of carbonyl (C=O) groups excluding carboxylic acids is 3. The van der Waals surface area contributed by atoms with Crippen molar-refractivity contribution in [3.63, 3.8) is 0 Å². The minimum Gasteiger partial charge on any atom is -0.350 e. The summed E-state index contributed by atoms with van der Waals surface area (Å²) in [6.45, 7) is 6.11. The predicted octanol–water partition coefficient (Wildman–Crippen LogP) is 1.90. The van der Waals surface area contributed by atoms with Crippen LogP contribution in [-0.2, 0) is 22.7 Å². The summed E-state index contributed by atoms with van der Waals surface area (Å²) >= 11 is 0. The van der Waals surface area contributed by atoms with Gasteiger partial charge >= 0.3 is 0 Å². The molecule has 2 N–H and O–H groups in total. The van der Waals surface area contributed by atoms with Gasteiger partial charge in [0.1, 0.15) is 22.8 Å². The summed E-state index contributed by atoms with van der Waals surface area (Å²) in [5.74, 6) is -0.111. The Bertz CT molecular complexity index is 1300. The molecule has 2 aliphatic rings. The summed E-state index contributed by atoms with van der Waals surface area (Å²) in [5, 5.41) is 22.1. The number of rotatable bonds is 9. The molecule has 2 atom stereocenters. The quantitative estimate of drug-likeness (QED) is 0.438. The molecule has 38 heavy (non-hydrogen) atoms. The van der Waals surface area contributed by atoms with Crippen LogP contribution in [0.3, 0.4) is 0 Å². The Hall–Kier alpha value is -3.83. The van der Waals surface area contributed by atoms with Gasteiger partial charge in [0, 0.05) is 24.6 Å². The third kappa shape index (κ3) is 5.25. The van der Waals surface area contributed by atoms with Crippen molar-refractivity contribution in [2.24, 2.45) is 5.92 Å². The second-order valence-corrected chi connectivity index (χ2v) is 10.2. The fourth-order valence-corrected chi connectivity index (χ4v) is 5.62. The van der Waals surface area contributed by atoms with E-state index in [0.29, 0.717) is 54.9 Å². The molecule has 3 amide bonds. The molecule has 3 aromatic rings. The largest absolute Gasteiger partial charge is 0.350 e. The number of benzene rings is 1. The first kappa shape index (κ1) is 25.8. The van der Waals surface area contributed by atoms with Crippen LogP contribution in [0.1, 0.15) is 68.4 Å². The number of H-pyrrole nitrogens is 1. The van der Waals surface area contributed by atoms with Crippen LogP contribution in [0.15, 0.2) is 24.4 Å². The smallest absolute Gasteiger partial charge is 0.254 e. The monoisotopic (exact) mass is 521 g/mol. The Morgan fingerprint density at radius 2 is 1.82 bits per heavy atom. The molecule has 0 spiro atoms. The van der Waals surface area contributed by atoms with E-state index >= 15 is 0 Å². The first-order chi connectivity index (χ1) is 18.5. The van der Waals surface area contributed by atoms with Gasteiger partial charge in [-0.15, -0.1) is 5.10 Å². The number of hydrogen-bond acceptors (Lipinski definition) is 7. The van der Waals surface area contributed by atoms with E-state index in [4.69, 9.17) is 0 Å². The lowest BCUT2D eigenvalue weighted by Crippen LogP contribution is -2.50. The van der Waals surface area contributed by atoms with E-state index in [1.165, 1.54) is 0 Å². The third-order valence-corrected chi connectivity index (χ3v) is 7.81. The van der Waals surface area contributed by atoms with Gasteiger partial charge in [0.15, 0.2) is 0 Å². The van der Waals surface area contributed by atoms with Crippen LogP contribution < -0.4 is 5.32 Å². The van der Waals surface area contributed by atoms with Crippen molar-refractivity contribution in [2.75, 3.05) is 13.1 Å². The Morgan fingerprint density at radius 1 is 1.05 bits per heavy atom. The van der Waals surface area contributed by atoms with Crippen molar-refractivity contribution in [1.29, 1.82) is 0 Å². The van der Waals surface area contributed by atoms with Gasteiger partial charge in [-0.3, -0.25) is 19.1 Å². The fraction of sp³-hybridized carbons (Fsp3) is 0.577. The summed E-state index contributed by atoms with van der Waals surface area (Å²) in [5.41, 5.74) is 2.52. The van der Waals surface area contributed by atoms with Crippen molar-refractivity contribution in [3.8, 4) is 0 Å². The van der Waals surface area contributed by atoms with Gasteiger partial charge in [0.2, 0.25) is 11.8 Å². The molecule has 2 saturated heterocycles. The predicted molar refractivity (Wildman–Crippen MR) is 139 cm³/mol. The second kappa shape index (κ2) is 11.3. The zero-order valence-electron chi connectivity index (χ0n) is 22.0. The lowest BCUT2D eigenvalue weighted by Gasteiger charge is -2.31. The highest BCUT2D eigenvalue weighted by Crippen LogP contribution is 2.27. The van der Waals surface area contributed by atoms with Crippen LogP contribution in [0, 0.1) is 5.92 Å². The molecule has 1 aromatic carbocycles. The van der Waals surface area contributed by atoms with Crippen molar-refractivity contribution in [2.45, 2.75) is 77.5 Å². The number of amides is 3. The number of nitrogens with one attached hydrogen (secondary N) is 2. The van der Waals surface area contributed by atoms with Crippen molar-refractivity contribution in [1.82, 2.24) is 45.5 Å². The van der Waals surface area contributed by atoms with Crippen LogP contribution >= 0.6 is 0 Å². The van der Waals surface area contributed by atoms with Crippen LogP contribution in [0.5, 0.6) is 0 Å². The SMILES string of the molecule is CCC(CC)C(=O)NCc1cn(C[C@H]2CCCN2C(=O)C2CCCN2C(=O)c2ccc3n[nH]nc3c2)nn1. The van der Waals surface area contributed by atoms with E-state index in [1.807, 2.05) is 24.9 Å². The van der Waals surface area contributed by atoms with Gasteiger partial charge in [-0.2, -0.15) is 15.4 Å². The molecule has 2 aromatic heterocycles. The summed E-state index contributed by atoms with van der Waals surface area (Å²) in [7, 11) is 0. The van der Waals surface area contributed by atoms with E-state index in [9.17, 15) is 14.4 Å². The average molecular weight is 522 g/mol. The van der Waals surface area contributed by atoms with Gasteiger partial charge in [-0.1, -0.05) is 19.1 Å². The van der Waals surface area contributed by atoms with Gasteiger partial charge in [-0.05, 0) is 56.7 Å². The van der Waals surface area contributed by atoms with Crippen molar-refractivity contribution < 1.29 is 14.4 Å². The minimum absolute atomic E-state index is 0.00126. The van der Waals surface area contributed by atoms with Crippen molar-refractivity contribution in [3.05, 3.63) is 35.7 Å². The molecule has 0 saturated carbocycles. The third-order valence-electron chi connectivity index (χ3n) is 7.81. The molecule has 4 heterocycles. The number of likely N-dealkylation sites (tertiary alicyclic amines) is 2. The van der Waals surface area contributed by atoms with Crippen LogP contribution in [0.4, 0.5) is 0 Å². The van der Waals surface area contributed by atoms with Gasteiger partial charge in [-0.25, -0.2) is 0 Å². The highest BCUT2D eigenvalue weighted by Gasteiger charge is 2.40. The Balaban J connectivity index is 1.21. The van der Waals surface area contributed by atoms with Crippen LogP contribution in [0.2, 0.25) is 0 Å². The Kier molecular flexibility index (Phi) is 7.66. The fourth-order valence-electron chi connectivity index (χ4n) is 5.62. The summed E-state index contributed by atoms with van der Waals surface area (Å²) in [4.78, 5) is 42.9. The second-order valence-electron chi connectivity index (χ2n) is 10.2. The molecule has 5 rings (SSSR count). The van der Waals surface area contributed by atoms with E-state index < -0.39 is 6.04 Å². The maximum absolute atomic E-state index is 13.7. The first-order valence-corrected chi connectivity index (χ1v) is 13.6. The molecule has 2 aliphatic heterocycles. The first-order valence-electron chi connectivity index (χ1n) is 13.6. The van der Waals surface area contributed by atoms with Crippen LogP contribution in [0.25, 0.3) is 11.0 Å². The van der Waals surface area contributed by atoms with Gasteiger partial charge in [0.05, 0.1) is 25.3 Å². The molecule has 2 fully saturated rings. The highest BCUT2D eigenvalue weighted by atomic mass is 16.2. The lowest BCUT2D eigenvalue weighted by atomic mass is 10.0. The zero-order valence-corrected chi connectivity index (χ0v) is 22.0. The molecule has 202 valence electrons. The maximum Gasteiger partial charge on any atom is 0.254 e. The average Bonchev–Trinajstić information content (AvgIpc) is 3.74. The minimum atomic E-state index is -0.470. The summed E-state index contributed by atoms with van der Waals surface area (Å²) in [6.07, 6.45) is 6.68. The molecule has 12 heteroatoms. The summed E-state index contributed by atoms with van der Waals surface area (Å²) < 4.78 is 1.75. The molecular formula is C26H35N9O3. The van der Waals surface area contributed by atoms with Gasteiger partial charge in [0.25, 0.3) is 5.91 Å². The van der Waals surface area contributed by atoms with Crippen molar-refractivity contribution >= 4 is 28.8 Å². The molecule has 0 aliphatic carbocycles. The number of carbonyl (C=O) groups is 3. The lowest BCUT2D eigenvalue weighted by molar-refractivity contribution is -0.136. The summed E-state index contributed by atoms with van der Waals surface area (Å²) in [6, 6.07) is 4.73. The number of aromatic nitrogens is 6. The number of nitrogens with zero attached hydrogens (tertiary/aromatic N) is 7. The normalized spacial score (nSPS) is 19.6. The van der Waals surface area contributed by atoms with E-state index in [-0.39, 0.29) is 29.7 Å². The number of hydrogen-bond donors (Lipinski definition) is 2. The molecule has 1 unspecified atom stereocenters. The molecule has 12 nitrogen and oxygen atoms in total. The highest BCUT2D eigenvalue weighted by molar-refractivity contribution is 6.00. The molecule has 0 bridgehead atoms. The Morgan fingerprint density at radius 3 is 2.63 bits per heavy atom. The zero-order chi connectivity index (χ0) is 26.6. The topological polar surface area (TPSA) is 142 Å². The Labute approximate surface area is 221 Å². The maximum atomic E-state index is 13.7. The standard InChI is InChI=1S/C26H35N9O3/c1-3-17(4-2)24(36)27-14-19-15-33(32-28-19)16-20-7-5-11-34(20)26(38)23-8-6-12-35(23)25(37)18-9-10-21-22(13-18)30-31-29-21/h9-10,13,15,17,20,23H,3-8,11-12,14,16H2,1-2H3,(H,27,36)(H,29,30,31)/t20-,23?/m1/s1. The van der Waals surface area contributed by atoms with Crippen LogP contribution in [-0.4, -0.2) is 83.1 Å². The number of fused-ring (bicyclic) bond motifs is 1. The van der Waals surface area contributed by atoms with Gasteiger partial charge < -0.3 is 15.1 Å². The van der Waals surface area contributed by atoms with E-state index in [2.05, 4.69) is 31.0 Å². The molecule has 0 radical (unpaired) electrons.